The van der Waals surface area contributed by atoms with E-state index in [0.29, 0.717) is 5.56 Å². The monoisotopic (exact) mass is 322 g/mol. The number of sulfonamides is 1. The number of fused-ring (bicyclic) bond motifs is 1. The maximum atomic E-state index is 12.4. The minimum atomic E-state index is -3.60. The summed E-state index contributed by atoms with van der Waals surface area (Å²) >= 11 is 0. The Kier molecular flexibility index (Phi) is 4.11. The van der Waals surface area contributed by atoms with Crippen LogP contribution in [0.2, 0.25) is 0 Å². The molecular formula is C18H14N2O2S. The fourth-order valence-electron chi connectivity index (χ4n) is 2.35. The molecule has 0 unspecified atom stereocenters. The smallest absolute Gasteiger partial charge is 0.207 e. The molecule has 0 saturated carbocycles. The zero-order valence-electron chi connectivity index (χ0n) is 12.2. The third-order valence-electron chi connectivity index (χ3n) is 3.55. The summed E-state index contributed by atoms with van der Waals surface area (Å²) in [6.45, 7) is 0.144. The molecule has 0 aliphatic rings. The van der Waals surface area contributed by atoms with Crippen molar-refractivity contribution >= 4 is 20.8 Å². The Morgan fingerprint density at radius 3 is 2.48 bits per heavy atom. The number of nitrogens with zero attached hydrogens (tertiary/aromatic N) is 1. The lowest BCUT2D eigenvalue weighted by Crippen LogP contribution is -2.23. The molecule has 0 radical (unpaired) electrons. The van der Waals surface area contributed by atoms with Crippen molar-refractivity contribution in [2.75, 3.05) is 0 Å². The van der Waals surface area contributed by atoms with Gasteiger partial charge in [-0.2, -0.15) is 5.26 Å². The lowest BCUT2D eigenvalue weighted by Gasteiger charge is -2.08. The van der Waals surface area contributed by atoms with Crippen molar-refractivity contribution in [1.29, 1.82) is 5.26 Å². The summed E-state index contributed by atoms with van der Waals surface area (Å²) in [5.74, 6) is 0. The Hall–Kier alpha value is -2.68. The average Bonchev–Trinajstić information content (AvgIpc) is 2.60. The summed E-state index contributed by atoms with van der Waals surface area (Å²) in [5, 5.41) is 10.8. The second-order valence-electron chi connectivity index (χ2n) is 5.15. The topological polar surface area (TPSA) is 70.0 Å². The molecule has 0 atom stereocenters. The van der Waals surface area contributed by atoms with Crippen LogP contribution in [0.25, 0.3) is 10.8 Å². The first-order valence-corrected chi connectivity index (χ1v) is 8.54. The van der Waals surface area contributed by atoms with E-state index in [0.717, 1.165) is 16.3 Å². The van der Waals surface area contributed by atoms with Crippen molar-refractivity contribution in [3.05, 3.63) is 77.9 Å². The summed E-state index contributed by atoms with van der Waals surface area (Å²) in [6.07, 6.45) is 0. The van der Waals surface area contributed by atoms with Crippen LogP contribution in [0.4, 0.5) is 0 Å². The fourth-order valence-corrected chi connectivity index (χ4v) is 3.40. The maximum absolute atomic E-state index is 12.4. The van der Waals surface area contributed by atoms with E-state index in [4.69, 9.17) is 5.26 Å². The van der Waals surface area contributed by atoms with E-state index < -0.39 is 10.0 Å². The predicted octanol–water partition coefficient (Wildman–Crippen LogP) is 3.19. The molecule has 0 saturated heterocycles. The molecule has 1 N–H and O–H groups in total. The molecule has 3 aromatic carbocycles. The van der Waals surface area contributed by atoms with Crippen LogP contribution in [0.5, 0.6) is 0 Å². The first-order chi connectivity index (χ1) is 11.1. The van der Waals surface area contributed by atoms with Crippen LogP contribution >= 0.6 is 0 Å². The predicted molar refractivity (Wildman–Crippen MR) is 89.1 cm³/mol. The molecule has 0 aromatic heterocycles. The van der Waals surface area contributed by atoms with Gasteiger partial charge >= 0.3 is 0 Å². The van der Waals surface area contributed by atoms with Crippen molar-refractivity contribution in [1.82, 2.24) is 4.72 Å². The molecule has 23 heavy (non-hydrogen) atoms. The van der Waals surface area contributed by atoms with Crippen LogP contribution in [0, 0.1) is 11.3 Å². The van der Waals surface area contributed by atoms with Crippen molar-refractivity contribution in [2.24, 2.45) is 0 Å². The first kappa shape index (κ1) is 15.2. The molecule has 4 nitrogen and oxygen atoms in total. The van der Waals surface area contributed by atoms with Gasteiger partial charge in [0.15, 0.2) is 0 Å². The highest BCUT2D eigenvalue weighted by Gasteiger charge is 2.14. The van der Waals surface area contributed by atoms with E-state index in [9.17, 15) is 8.42 Å². The van der Waals surface area contributed by atoms with E-state index in [1.54, 1.807) is 42.5 Å². The Balaban J connectivity index is 1.84. The second kappa shape index (κ2) is 6.21. The number of nitrogens with one attached hydrogen (secondary N) is 1. The maximum Gasteiger partial charge on any atom is 0.240 e. The molecule has 0 fully saturated rings. The summed E-state index contributed by atoms with van der Waals surface area (Å²) in [5.41, 5.74) is 1.25. The molecular weight excluding hydrogens is 308 g/mol. The van der Waals surface area contributed by atoms with Crippen molar-refractivity contribution < 1.29 is 8.42 Å². The van der Waals surface area contributed by atoms with Crippen molar-refractivity contribution in [3.8, 4) is 6.07 Å². The van der Waals surface area contributed by atoms with Gasteiger partial charge in [-0.05, 0) is 40.6 Å². The minimum absolute atomic E-state index is 0.144. The van der Waals surface area contributed by atoms with Crippen molar-refractivity contribution in [3.63, 3.8) is 0 Å². The molecule has 0 heterocycles. The van der Waals surface area contributed by atoms with Gasteiger partial charge in [0, 0.05) is 6.54 Å². The lowest BCUT2D eigenvalue weighted by molar-refractivity contribution is 0.581. The highest BCUT2D eigenvalue weighted by molar-refractivity contribution is 7.89. The van der Waals surface area contributed by atoms with Gasteiger partial charge in [-0.15, -0.1) is 0 Å². The molecule has 3 rings (SSSR count). The van der Waals surface area contributed by atoms with Crippen LogP contribution in [-0.2, 0) is 16.6 Å². The van der Waals surface area contributed by atoms with E-state index in [1.165, 1.54) is 0 Å². The highest BCUT2D eigenvalue weighted by atomic mass is 32.2. The van der Waals surface area contributed by atoms with Crippen LogP contribution < -0.4 is 4.72 Å². The Bertz CT molecular complexity index is 1000. The Morgan fingerprint density at radius 1 is 0.913 bits per heavy atom. The number of hydrogen-bond donors (Lipinski definition) is 1. The second-order valence-corrected chi connectivity index (χ2v) is 6.91. The summed E-state index contributed by atoms with van der Waals surface area (Å²) in [4.78, 5) is 0.229. The van der Waals surface area contributed by atoms with Crippen LogP contribution in [0.1, 0.15) is 11.1 Å². The van der Waals surface area contributed by atoms with E-state index in [1.807, 2.05) is 30.3 Å². The van der Waals surface area contributed by atoms with E-state index in [2.05, 4.69) is 4.72 Å². The lowest BCUT2D eigenvalue weighted by atomic mass is 10.1. The summed E-state index contributed by atoms with van der Waals surface area (Å²) in [6, 6.07) is 21.6. The van der Waals surface area contributed by atoms with Gasteiger partial charge in [0.2, 0.25) is 10.0 Å². The van der Waals surface area contributed by atoms with Gasteiger partial charge in [0.1, 0.15) is 0 Å². The number of benzene rings is 3. The van der Waals surface area contributed by atoms with E-state index >= 15 is 0 Å². The third kappa shape index (κ3) is 3.39. The number of rotatable bonds is 4. The summed E-state index contributed by atoms with van der Waals surface area (Å²) in [7, 11) is -3.60. The average molecular weight is 322 g/mol. The zero-order chi connectivity index (χ0) is 16.3. The van der Waals surface area contributed by atoms with Gasteiger partial charge in [-0.3, -0.25) is 0 Å². The highest BCUT2D eigenvalue weighted by Crippen LogP contribution is 2.19. The Morgan fingerprint density at radius 2 is 1.70 bits per heavy atom. The van der Waals surface area contributed by atoms with Gasteiger partial charge in [-0.25, -0.2) is 13.1 Å². The molecule has 0 amide bonds. The van der Waals surface area contributed by atoms with Gasteiger partial charge in [-0.1, -0.05) is 42.5 Å². The largest absolute Gasteiger partial charge is 0.240 e. The fraction of sp³-hybridized carbons (Fsp3) is 0.0556. The molecule has 0 bridgehead atoms. The molecule has 0 aliphatic heterocycles. The van der Waals surface area contributed by atoms with Gasteiger partial charge in [0.25, 0.3) is 0 Å². The SMILES string of the molecule is N#Cc1cccc(CNS(=O)(=O)c2ccc3ccccc3c2)c1. The van der Waals surface area contributed by atoms with E-state index in [-0.39, 0.29) is 11.4 Å². The number of hydrogen-bond acceptors (Lipinski definition) is 3. The Labute approximate surface area is 135 Å². The van der Waals surface area contributed by atoms with Crippen LogP contribution in [0.3, 0.4) is 0 Å². The van der Waals surface area contributed by atoms with Crippen LogP contribution in [-0.4, -0.2) is 8.42 Å². The van der Waals surface area contributed by atoms with Crippen LogP contribution in [0.15, 0.2) is 71.6 Å². The molecule has 3 aromatic rings. The zero-order valence-corrected chi connectivity index (χ0v) is 13.0. The third-order valence-corrected chi connectivity index (χ3v) is 4.95. The molecule has 0 aliphatic carbocycles. The first-order valence-electron chi connectivity index (χ1n) is 7.06. The molecule has 5 heteroatoms. The molecule has 0 spiro atoms. The van der Waals surface area contributed by atoms with Gasteiger partial charge < -0.3 is 0 Å². The minimum Gasteiger partial charge on any atom is -0.207 e. The number of nitriles is 1. The summed E-state index contributed by atoms with van der Waals surface area (Å²) < 4.78 is 27.4. The quantitative estimate of drug-likeness (QED) is 0.802. The standard InChI is InChI=1S/C18H14N2O2S/c19-12-14-4-3-5-15(10-14)13-20-23(21,22)18-9-8-16-6-1-2-7-17(16)11-18/h1-11,20H,13H2. The molecule has 114 valence electrons. The van der Waals surface area contributed by atoms with Gasteiger partial charge in [0.05, 0.1) is 16.5 Å². The van der Waals surface area contributed by atoms with Crippen molar-refractivity contribution in [2.45, 2.75) is 11.4 Å². The normalized spacial score (nSPS) is 11.3.